The van der Waals surface area contributed by atoms with Crippen molar-refractivity contribution in [3.8, 4) is 0 Å². The third-order valence-corrected chi connectivity index (χ3v) is 6.48. The lowest BCUT2D eigenvalue weighted by Gasteiger charge is -2.27. The van der Waals surface area contributed by atoms with Gasteiger partial charge in [0, 0.05) is 36.9 Å². The molecule has 0 fully saturated rings. The van der Waals surface area contributed by atoms with Crippen molar-refractivity contribution in [2.24, 2.45) is 5.92 Å². The number of fused-ring (bicyclic) bond motifs is 1. The normalized spacial score (nSPS) is 14.2. The van der Waals surface area contributed by atoms with E-state index in [1.807, 2.05) is 68.4 Å². The van der Waals surface area contributed by atoms with Crippen molar-refractivity contribution in [3.05, 3.63) is 71.9 Å². The van der Waals surface area contributed by atoms with Crippen LogP contribution < -0.4 is 16.0 Å². The molecule has 3 amide bonds. The molecule has 3 rings (SSSR count). The third kappa shape index (κ3) is 7.42. The molecule has 0 aliphatic heterocycles. The van der Waals surface area contributed by atoms with Crippen LogP contribution in [0.5, 0.6) is 0 Å². The van der Waals surface area contributed by atoms with E-state index in [2.05, 4.69) is 20.9 Å². The SMILES string of the molecule is CC[C@H](C)[C@H](NC(=O)[C@@H](Cc1ccccc1)NC(C)=O)C(=O)N[C@@H](Cc1c[nH]c2ccccc12)C(=O)O. The van der Waals surface area contributed by atoms with Gasteiger partial charge in [-0.05, 0) is 23.1 Å². The largest absolute Gasteiger partial charge is 0.480 e. The first-order valence-electron chi connectivity index (χ1n) is 12.4. The molecule has 4 atom stereocenters. The van der Waals surface area contributed by atoms with Crippen LogP contribution in [-0.4, -0.2) is 51.9 Å². The van der Waals surface area contributed by atoms with Crippen molar-refractivity contribution in [1.29, 1.82) is 0 Å². The zero-order valence-electron chi connectivity index (χ0n) is 21.3. The fraction of sp³-hybridized carbons (Fsp3) is 0.357. The minimum absolute atomic E-state index is 0.0782. The first kappa shape index (κ1) is 27.4. The lowest BCUT2D eigenvalue weighted by Crippen LogP contribution is -2.58. The fourth-order valence-electron chi connectivity index (χ4n) is 4.24. The van der Waals surface area contributed by atoms with Gasteiger partial charge in [0.15, 0.2) is 0 Å². The number of aromatic amines is 1. The summed E-state index contributed by atoms with van der Waals surface area (Å²) in [6, 6.07) is 13.7. The number of aliphatic carboxylic acids is 1. The van der Waals surface area contributed by atoms with Gasteiger partial charge in [-0.15, -0.1) is 0 Å². The molecular weight excluding hydrogens is 472 g/mol. The van der Waals surface area contributed by atoms with E-state index < -0.39 is 35.9 Å². The summed E-state index contributed by atoms with van der Waals surface area (Å²) in [5, 5.41) is 18.8. The number of carbonyl (C=O) groups is 4. The Balaban J connectivity index is 1.76. The number of amides is 3. The van der Waals surface area contributed by atoms with E-state index in [0.29, 0.717) is 6.42 Å². The smallest absolute Gasteiger partial charge is 0.326 e. The van der Waals surface area contributed by atoms with Crippen LogP contribution in [0.15, 0.2) is 60.8 Å². The summed E-state index contributed by atoms with van der Waals surface area (Å²) in [7, 11) is 0. The van der Waals surface area contributed by atoms with Gasteiger partial charge in [-0.2, -0.15) is 0 Å². The molecule has 0 saturated heterocycles. The zero-order valence-corrected chi connectivity index (χ0v) is 21.3. The highest BCUT2D eigenvalue weighted by Crippen LogP contribution is 2.19. The van der Waals surface area contributed by atoms with Gasteiger partial charge in [-0.1, -0.05) is 68.8 Å². The number of carbonyl (C=O) groups excluding carboxylic acids is 3. The molecule has 0 saturated carbocycles. The van der Waals surface area contributed by atoms with Gasteiger partial charge in [-0.25, -0.2) is 4.79 Å². The monoisotopic (exact) mass is 506 g/mol. The Bertz CT molecular complexity index is 1240. The molecule has 5 N–H and O–H groups in total. The number of H-pyrrole nitrogens is 1. The quantitative estimate of drug-likeness (QED) is 0.257. The number of nitrogens with one attached hydrogen (secondary N) is 4. The summed E-state index contributed by atoms with van der Waals surface area (Å²) in [4.78, 5) is 53.5. The average molecular weight is 507 g/mol. The molecule has 3 aromatic rings. The van der Waals surface area contributed by atoms with Crippen LogP contribution in [0.3, 0.4) is 0 Å². The topological polar surface area (TPSA) is 140 Å². The Morgan fingerprint density at radius 2 is 1.54 bits per heavy atom. The highest BCUT2D eigenvalue weighted by atomic mass is 16.4. The molecule has 37 heavy (non-hydrogen) atoms. The number of carboxylic acid groups (broad SMARTS) is 1. The van der Waals surface area contributed by atoms with Crippen LogP contribution in [-0.2, 0) is 32.0 Å². The van der Waals surface area contributed by atoms with Gasteiger partial charge < -0.3 is 26.0 Å². The molecule has 0 spiro atoms. The minimum atomic E-state index is -1.19. The summed E-state index contributed by atoms with van der Waals surface area (Å²) < 4.78 is 0. The lowest BCUT2D eigenvalue weighted by atomic mass is 9.96. The Labute approximate surface area is 216 Å². The van der Waals surface area contributed by atoms with Gasteiger partial charge in [-0.3, -0.25) is 14.4 Å². The van der Waals surface area contributed by atoms with Gasteiger partial charge >= 0.3 is 5.97 Å². The molecule has 0 aliphatic rings. The lowest BCUT2D eigenvalue weighted by molar-refractivity contribution is -0.142. The first-order chi connectivity index (χ1) is 17.7. The van der Waals surface area contributed by atoms with Gasteiger partial charge in [0.05, 0.1) is 0 Å². The number of carboxylic acids is 1. The molecule has 0 aliphatic carbocycles. The molecule has 196 valence electrons. The second-order valence-electron chi connectivity index (χ2n) is 9.28. The van der Waals surface area contributed by atoms with Gasteiger partial charge in [0.1, 0.15) is 18.1 Å². The van der Waals surface area contributed by atoms with Crippen LogP contribution in [0.4, 0.5) is 0 Å². The van der Waals surface area contributed by atoms with E-state index in [-0.39, 0.29) is 24.7 Å². The number of benzene rings is 2. The number of rotatable bonds is 12. The van der Waals surface area contributed by atoms with Crippen molar-refractivity contribution in [3.63, 3.8) is 0 Å². The molecule has 9 nitrogen and oxygen atoms in total. The summed E-state index contributed by atoms with van der Waals surface area (Å²) in [5.41, 5.74) is 2.49. The predicted molar refractivity (Wildman–Crippen MR) is 141 cm³/mol. The highest BCUT2D eigenvalue weighted by molar-refractivity contribution is 5.94. The fourth-order valence-corrected chi connectivity index (χ4v) is 4.24. The maximum Gasteiger partial charge on any atom is 0.326 e. The number of hydrogen-bond donors (Lipinski definition) is 5. The second-order valence-corrected chi connectivity index (χ2v) is 9.28. The van der Waals surface area contributed by atoms with E-state index >= 15 is 0 Å². The minimum Gasteiger partial charge on any atom is -0.480 e. The van der Waals surface area contributed by atoms with Crippen molar-refractivity contribution < 1.29 is 24.3 Å². The second kappa shape index (κ2) is 12.7. The number of hydrogen-bond acceptors (Lipinski definition) is 4. The van der Waals surface area contributed by atoms with Crippen LogP contribution in [0, 0.1) is 5.92 Å². The van der Waals surface area contributed by atoms with E-state index in [9.17, 15) is 24.3 Å². The van der Waals surface area contributed by atoms with Gasteiger partial charge in [0.2, 0.25) is 17.7 Å². The molecule has 1 heterocycles. The molecule has 9 heteroatoms. The average Bonchev–Trinajstić information content (AvgIpc) is 3.28. The highest BCUT2D eigenvalue weighted by Gasteiger charge is 2.32. The molecule has 0 radical (unpaired) electrons. The number of para-hydroxylation sites is 1. The van der Waals surface area contributed by atoms with Crippen molar-refractivity contribution >= 4 is 34.6 Å². The van der Waals surface area contributed by atoms with Crippen LogP contribution in [0.2, 0.25) is 0 Å². The van der Waals surface area contributed by atoms with E-state index in [0.717, 1.165) is 22.0 Å². The zero-order chi connectivity index (χ0) is 26.9. The van der Waals surface area contributed by atoms with E-state index in [4.69, 9.17) is 0 Å². The van der Waals surface area contributed by atoms with E-state index in [1.54, 1.807) is 6.20 Å². The van der Waals surface area contributed by atoms with E-state index in [1.165, 1.54) is 6.92 Å². The first-order valence-corrected chi connectivity index (χ1v) is 12.4. The standard InChI is InChI=1S/C28H34N4O5/c1-4-17(2)25(32-26(34)23(30-18(3)33)14-19-10-6-5-7-11-19)27(35)31-24(28(36)37)15-20-16-29-22-13-9-8-12-21(20)22/h5-13,16-17,23-25,29H,4,14-15H2,1-3H3,(H,30,33)(H,31,35)(H,32,34)(H,36,37)/t17-,23+,24-,25-/m0/s1. The Morgan fingerprint density at radius 1 is 0.865 bits per heavy atom. The molecule has 0 bridgehead atoms. The van der Waals surface area contributed by atoms with Crippen LogP contribution in [0.25, 0.3) is 10.9 Å². The summed E-state index contributed by atoms with van der Waals surface area (Å²) in [5.74, 6) is -2.92. The molecule has 2 aromatic carbocycles. The number of aromatic nitrogens is 1. The predicted octanol–water partition coefficient (Wildman–Crippen LogP) is 2.56. The third-order valence-electron chi connectivity index (χ3n) is 6.48. The van der Waals surface area contributed by atoms with Crippen LogP contribution in [0.1, 0.15) is 38.3 Å². The summed E-state index contributed by atoms with van der Waals surface area (Å²) >= 11 is 0. The summed E-state index contributed by atoms with van der Waals surface area (Å²) in [6.07, 6.45) is 2.64. The molecule has 1 aromatic heterocycles. The Kier molecular flexibility index (Phi) is 9.43. The Hall–Kier alpha value is -4.14. The maximum atomic E-state index is 13.3. The van der Waals surface area contributed by atoms with Crippen molar-refractivity contribution in [1.82, 2.24) is 20.9 Å². The van der Waals surface area contributed by atoms with Gasteiger partial charge in [0.25, 0.3) is 0 Å². The molecular formula is C28H34N4O5. The molecule has 0 unspecified atom stereocenters. The van der Waals surface area contributed by atoms with Crippen LogP contribution >= 0.6 is 0 Å². The van der Waals surface area contributed by atoms with Crippen molar-refractivity contribution in [2.75, 3.05) is 0 Å². The maximum absolute atomic E-state index is 13.3. The summed E-state index contributed by atoms with van der Waals surface area (Å²) in [6.45, 7) is 5.02. The Morgan fingerprint density at radius 3 is 2.19 bits per heavy atom. The van der Waals surface area contributed by atoms with Crippen molar-refractivity contribution in [2.45, 2.75) is 58.2 Å².